The number of hydrogen-bond donors (Lipinski definition) is 1. The van der Waals surface area contributed by atoms with Gasteiger partial charge in [0.05, 0.1) is 18.7 Å². The third-order valence-electron chi connectivity index (χ3n) is 6.77. The van der Waals surface area contributed by atoms with Gasteiger partial charge in [0.25, 0.3) is 0 Å². The maximum atomic E-state index is 10.4. The largest absolute Gasteiger partial charge is 0.507 e. The third-order valence-corrected chi connectivity index (χ3v) is 7.01. The highest BCUT2D eigenvalue weighted by Crippen LogP contribution is 2.35. The lowest BCUT2D eigenvalue weighted by molar-refractivity contribution is 0.122. The van der Waals surface area contributed by atoms with Gasteiger partial charge in [-0.25, -0.2) is 9.97 Å². The molecule has 2 fully saturated rings. The molecule has 7 nitrogen and oxygen atoms in total. The van der Waals surface area contributed by atoms with Crippen molar-refractivity contribution >= 4 is 28.3 Å². The summed E-state index contributed by atoms with van der Waals surface area (Å²) in [7, 11) is 2.19. The molecule has 0 bridgehead atoms. The van der Waals surface area contributed by atoms with Crippen LogP contribution in [0.15, 0.2) is 36.4 Å². The fraction of sp³-hybridized carbons (Fsp3) is 0.462. The molecule has 0 spiro atoms. The van der Waals surface area contributed by atoms with Gasteiger partial charge < -0.3 is 24.5 Å². The van der Waals surface area contributed by atoms with Crippen LogP contribution in [0.5, 0.6) is 5.75 Å². The molecular weight excluding hydrogens is 450 g/mol. The Labute approximate surface area is 205 Å². The van der Waals surface area contributed by atoms with Crippen molar-refractivity contribution in [1.29, 1.82) is 0 Å². The summed E-state index contributed by atoms with van der Waals surface area (Å²) in [5.74, 6) is 2.05. The van der Waals surface area contributed by atoms with Gasteiger partial charge in [-0.05, 0) is 55.9 Å². The van der Waals surface area contributed by atoms with E-state index in [0.29, 0.717) is 23.8 Å². The zero-order valence-corrected chi connectivity index (χ0v) is 20.5. The van der Waals surface area contributed by atoms with Crippen LogP contribution in [-0.4, -0.2) is 90.9 Å². The van der Waals surface area contributed by atoms with E-state index >= 15 is 0 Å². The maximum Gasteiger partial charge on any atom is 0.140 e. The molecule has 180 valence electrons. The van der Waals surface area contributed by atoms with E-state index in [2.05, 4.69) is 27.8 Å². The molecule has 0 amide bonds. The number of phenolic OH excluding ortho intramolecular Hbond substituents is 1. The van der Waals surface area contributed by atoms with Gasteiger partial charge in [-0.15, -0.1) is 0 Å². The number of aromatic hydroxyl groups is 1. The van der Waals surface area contributed by atoms with E-state index in [4.69, 9.17) is 26.3 Å². The summed E-state index contributed by atoms with van der Waals surface area (Å²) >= 11 is 6.21. The summed E-state index contributed by atoms with van der Waals surface area (Å²) in [6, 6.07) is 11.2. The van der Waals surface area contributed by atoms with Crippen molar-refractivity contribution in [2.45, 2.75) is 12.8 Å². The van der Waals surface area contributed by atoms with E-state index in [1.165, 1.54) is 0 Å². The van der Waals surface area contributed by atoms with Gasteiger partial charge in [-0.1, -0.05) is 17.7 Å². The minimum atomic E-state index is 0.207. The number of rotatable bonds is 6. The second kappa shape index (κ2) is 10.4. The van der Waals surface area contributed by atoms with Crippen LogP contribution in [0.25, 0.3) is 22.0 Å². The van der Waals surface area contributed by atoms with E-state index in [-0.39, 0.29) is 5.75 Å². The average Bonchev–Trinajstić information content (AvgIpc) is 2.86. The molecule has 2 saturated heterocycles. The number of morpholine rings is 1. The molecule has 0 unspecified atom stereocenters. The summed E-state index contributed by atoms with van der Waals surface area (Å²) in [6.45, 7) is 8.61. The van der Waals surface area contributed by atoms with Crippen molar-refractivity contribution in [3.8, 4) is 16.9 Å². The number of likely N-dealkylation sites (N-methyl/N-ethyl adjacent to an activating group) is 1. The molecule has 0 saturated carbocycles. The van der Waals surface area contributed by atoms with Crippen molar-refractivity contribution in [3.05, 3.63) is 47.2 Å². The first-order valence-corrected chi connectivity index (χ1v) is 12.5. The number of aromatic nitrogens is 2. The fourth-order valence-electron chi connectivity index (χ4n) is 4.73. The Kier molecular flexibility index (Phi) is 7.15. The summed E-state index contributed by atoms with van der Waals surface area (Å²) in [5.41, 5.74) is 2.53. The van der Waals surface area contributed by atoms with Crippen molar-refractivity contribution in [3.63, 3.8) is 0 Å². The van der Waals surface area contributed by atoms with Crippen LogP contribution in [0, 0.1) is 0 Å². The summed E-state index contributed by atoms with van der Waals surface area (Å²) in [4.78, 5) is 17.2. The number of halogens is 1. The van der Waals surface area contributed by atoms with E-state index in [0.717, 1.165) is 86.8 Å². The Balaban J connectivity index is 1.43. The Bertz CT molecular complexity index is 1140. The minimum absolute atomic E-state index is 0.207. The Morgan fingerprint density at radius 1 is 0.971 bits per heavy atom. The molecule has 0 radical (unpaired) electrons. The molecule has 8 heteroatoms. The molecule has 2 aliphatic heterocycles. The second-order valence-electron chi connectivity index (χ2n) is 9.20. The zero-order valence-electron chi connectivity index (χ0n) is 19.7. The van der Waals surface area contributed by atoms with Crippen LogP contribution < -0.4 is 4.90 Å². The average molecular weight is 482 g/mol. The van der Waals surface area contributed by atoms with Crippen LogP contribution in [0.1, 0.15) is 12.2 Å². The summed E-state index contributed by atoms with van der Waals surface area (Å²) in [5, 5.41) is 12.0. The van der Waals surface area contributed by atoms with Crippen LogP contribution in [0.4, 0.5) is 5.82 Å². The van der Waals surface area contributed by atoms with Crippen LogP contribution >= 0.6 is 11.6 Å². The molecule has 34 heavy (non-hydrogen) atoms. The fourth-order valence-corrected chi connectivity index (χ4v) is 4.90. The topological polar surface area (TPSA) is 65.0 Å². The van der Waals surface area contributed by atoms with Crippen LogP contribution in [0.3, 0.4) is 0 Å². The number of benzene rings is 2. The molecule has 1 aromatic heterocycles. The number of nitrogens with zero attached hydrogens (tertiary/aromatic N) is 5. The molecule has 1 N–H and O–H groups in total. The monoisotopic (exact) mass is 481 g/mol. The van der Waals surface area contributed by atoms with Gasteiger partial charge in [0.2, 0.25) is 0 Å². The first-order valence-electron chi connectivity index (χ1n) is 12.1. The van der Waals surface area contributed by atoms with E-state index in [9.17, 15) is 5.11 Å². The third kappa shape index (κ3) is 5.28. The Hall–Kier alpha value is -2.45. The molecule has 0 aliphatic carbocycles. The number of fused-ring (bicyclic) bond motifs is 1. The van der Waals surface area contributed by atoms with Gasteiger partial charge in [-0.2, -0.15) is 0 Å². The lowest BCUT2D eigenvalue weighted by atomic mass is 10.0. The molecule has 3 aromatic rings. The predicted molar refractivity (Wildman–Crippen MR) is 137 cm³/mol. The number of ether oxygens (including phenoxy) is 1. The normalized spacial score (nSPS) is 18.0. The molecule has 2 aliphatic rings. The quantitative estimate of drug-likeness (QED) is 0.576. The Morgan fingerprint density at radius 3 is 2.56 bits per heavy atom. The van der Waals surface area contributed by atoms with E-state index < -0.39 is 0 Å². The van der Waals surface area contributed by atoms with Crippen LogP contribution in [-0.2, 0) is 11.2 Å². The molecule has 2 aromatic carbocycles. The lowest BCUT2D eigenvalue weighted by Crippen LogP contribution is -2.44. The maximum absolute atomic E-state index is 10.4. The van der Waals surface area contributed by atoms with Crippen molar-refractivity contribution < 1.29 is 9.84 Å². The first-order chi connectivity index (χ1) is 16.6. The van der Waals surface area contributed by atoms with Gasteiger partial charge in [0.1, 0.15) is 17.4 Å². The lowest BCUT2D eigenvalue weighted by Gasteiger charge is -2.32. The molecule has 3 heterocycles. The molecule has 5 rings (SSSR count). The number of phenols is 1. The zero-order chi connectivity index (χ0) is 23.5. The second-order valence-corrected chi connectivity index (χ2v) is 9.64. The van der Waals surface area contributed by atoms with Gasteiger partial charge >= 0.3 is 0 Å². The highest BCUT2D eigenvalue weighted by atomic mass is 35.5. The molecular formula is C26H32ClN5O2. The summed E-state index contributed by atoms with van der Waals surface area (Å²) in [6.07, 6.45) is 1.91. The van der Waals surface area contributed by atoms with E-state index in [1.807, 2.05) is 12.1 Å². The number of aryl methyl sites for hydroxylation is 1. The minimum Gasteiger partial charge on any atom is -0.507 e. The predicted octanol–water partition coefficient (Wildman–Crippen LogP) is 3.67. The molecule has 0 atom stereocenters. The smallest absolute Gasteiger partial charge is 0.140 e. The first kappa shape index (κ1) is 23.3. The number of piperazine rings is 1. The van der Waals surface area contributed by atoms with Gasteiger partial charge in [-0.3, -0.25) is 0 Å². The van der Waals surface area contributed by atoms with Crippen molar-refractivity contribution in [2.24, 2.45) is 0 Å². The Morgan fingerprint density at radius 2 is 1.76 bits per heavy atom. The van der Waals surface area contributed by atoms with Gasteiger partial charge in [0.15, 0.2) is 0 Å². The van der Waals surface area contributed by atoms with Crippen LogP contribution in [0.2, 0.25) is 5.02 Å². The van der Waals surface area contributed by atoms with Crippen molar-refractivity contribution in [1.82, 2.24) is 19.8 Å². The van der Waals surface area contributed by atoms with Crippen molar-refractivity contribution in [2.75, 3.05) is 71.0 Å². The van der Waals surface area contributed by atoms with Gasteiger partial charge in [0, 0.05) is 61.7 Å². The SMILES string of the molecule is CN1CCN(CCCc2nc(N3CCOCC3)c3cc(-c4cc(Cl)ccc4O)ccc3n2)CC1. The highest BCUT2D eigenvalue weighted by Gasteiger charge is 2.19. The highest BCUT2D eigenvalue weighted by molar-refractivity contribution is 6.31. The number of hydrogen-bond acceptors (Lipinski definition) is 7. The standard InChI is InChI=1S/C26H32ClN5O2/c1-30-9-11-31(12-10-30)8-2-3-25-28-23-6-4-19(21-18-20(27)5-7-24(21)33)17-22(23)26(29-25)32-13-15-34-16-14-32/h4-7,17-18,33H,2-3,8-16H2,1H3. The van der Waals surface area contributed by atoms with E-state index in [1.54, 1.807) is 18.2 Å². The number of anilines is 1. The summed E-state index contributed by atoms with van der Waals surface area (Å²) < 4.78 is 5.58.